The van der Waals surface area contributed by atoms with Crippen LogP contribution in [0, 0.1) is 5.41 Å². The zero-order chi connectivity index (χ0) is 14.1. The Balaban J connectivity index is 2.41. The minimum Gasteiger partial charge on any atom is -0.481 e. The van der Waals surface area contributed by atoms with Gasteiger partial charge in [-0.2, -0.15) is 0 Å². The molecule has 0 atom stereocenters. The molecule has 19 heavy (non-hydrogen) atoms. The third-order valence-electron chi connectivity index (χ3n) is 3.70. The molecule has 1 aliphatic carbocycles. The van der Waals surface area contributed by atoms with E-state index in [1.165, 1.54) is 0 Å². The van der Waals surface area contributed by atoms with E-state index < -0.39 is 5.97 Å². The Kier molecular flexibility index (Phi) is 6.39. The van der Waals surface area contributed by atoms with Gasteiger partial charge in [-0.1, -0.05) is 25.3 Å². The van der Waals surface area contributed by atoms with Gasteiger partial charge in [0.05, 0.1) is 6.42 Å². The fourth-order valence-corrected chi connectivity index (χ4v) is 2.66. The van der Waals surface area contributed by atoms with E-state index in [1.54, 1.807) is 6.08 Å². The molecule has 0 aromatic rings. The van der Waals surface area contributed by atoms with E-state index in [0.29, 0.717) is 13.1 Å². The first-order chi connectivity index (χ1) is 9.08. The zero-order valence-corrected chi connectivity index (χ0v) is 11.4. The summed E-state index contributed by atoms with van der Waals surface area (Å²) in [7, 11) is 0. The van der Waals surface area contributed by atoms with Crippen LogP contribution in [-0.2, 0) is 4.79 Å². The van der Waals surface area contributed by atoms with Crippen LogP contribution in [0.5, 0.6) is 0 Å². The SMILES string of the molecule is C=CCCNC(=O)NCC1(CC(=O)O)CCCCC1. The lowest BCUT2D eigenvalue weighted by Gasteiger charge is -2.36. The van der Waals surface area contributed by atoms with Crippen molar-refractivity contribution in [1.82, 2.24) is 10.6 Å². The molecule has 3 N–H and O–H groups in total. The smallest absolute Gasteiger partial charge is 0.314 e. The highest BCUT2D eigenvalue weighted by Crippen LogP contribution is 2.38. The van der Waals surface area contributed by atoms with E-state index >= 15 is 0 Å². The van der Waals surface area contributed by atoms with Gasteiger partial charge in [0.25, 0.3) is 0 Å². The molecule has 0 spiro atoms. The fraction of sp³-hybridized carbons (Fsp3) is 0.714. The van der Waals surface area contributed by atoms with Crippen molar-refractivity contribution in [1.29, 1.82) is 0 Å². The molecule has 1 saturated carbocycles. The molecule has 0 aromatic heterocycles. The van der Waals surface area contributed by atoms with Gasteiger partial charge >= 0.3 is 12.0 Å². The molecular weight excluding hydrogens is 244 g/mol. The molecule has 0 saturated heterocycles. The summed E-state index contributed by atoms with van der Waals surface area (Å²) < 4.78 is 0. The van der Waals surface area contributed by atoms with Crippen molar-refractivity contribution < 1.29 is 14.7 Å². The van der Waals surface area contributed by atoms with E-state index in [2.05, 4.69) is 17.2 Å². The number of urea groups is 1. The van der Waals surface area contributed by atoms with Crippen molar-refractivity contribution in [2.75, 3.05) is 13.1 Å². The second-order valence-electron chi connectivity index (χ2n) is 5.32. The minimum absolute atomic E-state index is 0.139. The molecule has 0 aromatic carbocycles. The van der Waals surface area contributed by atoms with Crippen LogP contribution >= 0.6 is 0 Å². The Bertz CT molecular complexity index is 323. The number of aliphatic carboxylic acids is 1. The number of hydrogen-bond acceptors (Lipinski definition) is 2. The lowest BCUT2D eigenvalue weighted by atomic mass is 9.72. The lowest BCUT2D eigenvalue weighted by Crippen LogP contribution is -2.44. The predicted molar refractivity (Wildman–Crippen MR) is 74.0 cm³/mol. The van der Waals surface area contributed by atoms with Crippen LogP contribution in [0.4, 0.5) is 4.79 Å². The first-order valence-electron chi connectivity index (χ1n) is 6.92. The largest absolute Gasteiger partial charge is 0.481 e. The van der Waals surface area contributed by atoms with Crippen molar-refractivity contribution >= 4 is 12.0 Å². The molecule has 0 unspecified atom stereocenters. The van der Waals surface area contributed by atoms with Gasteiger partial charge in [-0.15, -0.1) is 6.58 Å². The van der Waals surface area contributed by atoms with E-state index in [4.69, 9.17) is 5.11 Å². The Morgan fingerprint density at radius 2 is 1.89 bits per heavy atom. The standard InChI is InChI=1S/C14H24N2O3/c1-2-3-9-15-13(19)16-11-14(10-12(17)18)7-5-4-6-8-14/h2H,1,3-11H2,(H,17,18)(H2,15,16,19). The summed E-state index contributed by atoms with van der Waals surface area (Å²) in [5.74, 6) is -0.782. The van der Waals surface area contributed by atoms with Gasteiger partial charge < -0.3 is 15.7 Å². The molecule has 0 radical (unpaired) electrons. The summed E-state index contributed by atoms with van der Waals surface area (Å²) in [6.45, 7) is 4.58. The molecule has 0 heterocycles. The van der Waals surface area contributed by atoms with Crippen molar-refractivity contribution in [2.45, 2.75) is 44.9 Å². The summed E-state index contributed by atoms with van der Waals surface area (Å²) in [6.07, 6.45) is 7.63. The molecule has 1 rings (SSSR count). The van der Waals surface area contributed by atoms with Crippen molar-refractivity contribution in [3.63, 3.8) is 0 Å². The summed E-state index contributed by atoms with van der Waals surface area (Å²) >= 11 is 0. The zero-order valence-electron chi connectivity index (χ0n) is 11.4. The second kappa shape index (κ2) is 7.81. The van der Waals surface area contributed by atoms with Crippen molar-refractivity contribution in [3.8, 4) is 0 Å². The molecule has 1 aliphatic rings. The van der Waals surface area contributed by atoms with Gasteiger partial charge in [0, 0.05) is 13.1 Å². The van der Waals surface area contributed by atoms with Gasteiger partial charge in [-0.05, 0) is 24.7 Å². The Labute approximate surface area is 114 Å². The van der Waals surface area contributed by atoms with Crippen LogP contribution in [0.2, 0.25) is 0 Å². The van der Waals surface area contributed by atoms with Crippen molar-refractivity contribution in [3.05, 3.63) is 12.7 Å². The highest BCUT2D eigenvalue weighted by atomic mass is 16.4. The van der Waals surface area contributed by atoms with Gasteiger partial charge in [0.2, 0.25) is 0 Å². The summed E-state index contributed by atoms with van der Waals surface area (Å²) in [6, 6.07) is -0.225. The normalized spacial score (nSPS) is 17.5. The molecule has 0 aliphatic heterocycles. The highest BCUT2D eigenvalue weighted by Gasteiger charge is 2.34. The monoisotopic (exact) mass is 268 g/mol. The second-order valence-corrected chi connectivity index (χ2v) is 5.32. The molecule has 2 amide bonds. The maximum absolute atomic E-state index is 11.6. The van der Waals surface area contributed by atoms with Crippen LogP contribution in [0.3, 0.4) is 0 Å². The summed E-state index contributed by atoms with van der Waals surface area (Å²) in [4.78, 5) is 22.6. The fourth-order valence-electron chi connectivity index (χ4n) is 2.66. The van der Waals surface area contributed by atoms with Crippen LogP contribution in [0.25, 0.3) is 0 Å². The maximum atomic E-state index is 11.6. The third-order valence-corrected chi connectivity index (χ3v) is 3.70. The van der Waals surface area contributed by atoms with E-state index in [9.17, 15) is 9.59 Å². The number of carbonyl (C=O) groups excluding carboxylic acids is 1. The topological polar surface area (TPSA) is 78.4 Å². The molecule has 0 bridgehead atoms. The Morgan fingerprint density at radius 1 is 1.21 bits per heavy atom. The quantitative estimate of drug-likeness (QED) is 0.489. The maximum Gasteiger partial charge on any atom is 0.314 e. The number of amides is 2. The van der Waals surface area contributed by atoms with Gasteiger partial charge in [-0.25, -0.2) is 4.79 Å². The summed E-state index contributed by atoms with van der Waals surface area (Å²) in [5, 5.41) is 14.6. The lowest BCUT2D eigenvalue weighted by molar-refractivity contribution is -0.140. The molecule has 108 valence electrons. The first kappa shape index (κ1) is 15.5. The number of hydrogen-bond donors (Lipinski definition) is 3. The average molecular weight is 268 g/mol. The van der Waals surface area contributed by atoms with Crippen LogP contribution in [0.15, 0.2) is 12.7 Å². The van der Waals surface area contributed by atoms with E-state index in [1.807, 2.05) is 0 Å². The van der Waals surface area contributed by atoms with Gasteiger partial charge in [0.1, 0.15) is 0 Å². The van der Waals surface area contributed by atoms with E-state index in [-0.39, 0.29) is 17.9 Å². The van der Waals surface area contributed by atoms with Crippen LogP contribution in [0.1, 0.15) is 44.9 Å². The number of carboxylic acids is 1. The number of rotatable bonds is 7. The highest BCUT2D eigenvalue weighted by molar-refractivity contribution is 5.74. The van der Waals surface area contributed by atoms with Crippen molar-refractivity contribution in [2.24, 2.45) is 5.41 Å². The van der Waals surface area contributed by atoms with Gasteiger partial charge in [0.15, 0.2) is 0 Å². The number of nitrogens with one attached hydrogen (secondary N) is 2. The predicted octanol–water partition coefficient (Wildman–Crippen LogP) is 2.29. The molecule has 5 heteroatoms. The number of carbonyl (C=O) groups is 2. The van der Waals surface area contributed by atoms with Crippen LogP contribution in [-0.4, -0.2) is 30.2 Å². The van der Waals surface area contributed by atoms with Crippen LogP contribution < -0.4 is 10.6 Å². The molecule has 1 fully saturated rings. The minimum atomic E-state index is -0.782. The van der Waals surface area contributed by atoms with E-state index in [0.717, 1.165) is 38.5 Å². The molecular formula is C14H24N2O3. The number of carboxylic acid groups (broad SMARTS) is 1. The first-order valence-corrected chi connectivity index (χ1v) is 6.92. The summed E-state index contributed by atoms with van der Waals surface area (Å²) in [5.41, 5.74) is -0.264. The Hall–Kier alpha value is -1.52. The third kappa shape index (κ3) is 5.77. The van der Waals surface area contributed by atoms with Gasteiger partial charge in [-0.3, -0.25) is 4.79 Å². The Morgan fingerprint density at radius 3 is 2.47 bits per heavy atom. The molecule has 5 nitrogen and oxygen atoms in total. The average Bonchev–Trinajstić information content (AvgIpc) is 2.37.